The lowest BCUT2D eigenvalue weighted by molar-refractivity contribution is -0.137. The zero-order valence-electron chi connectivity index (χ0n) is 14.6. The fourth-order valence-corrected chi connectivity index (χ4v) is 3.62. The highest BCUT2D eigenvalue weighted by atomic mass is 32.2. The van der Waals surface area contributed by atoms with Crippen molar-refractivity contribution in [2.75, 3.05) is 15.9 Å². The molecule has 1 N–H and O–H groups in total. The molecule has 0 spiro atoms. The number of hydrogen-bond donors (Lipinski definition) is 1. The summed E-state index contributed by atoms with van der Waals surface area (Å²) in [6.07, 6.45) is -3.88. The van der Waals surface area contributed by atoms with Crippen molar-refractivity contribution in [3.8, 4) is 0 Å². The molecule has 2 aromatic rings. The molecular formula is C17H15F5N2O3S. The van der Waals surface area contributed by atoms with Gasteiger partial charge in [-0.25, -0.2) is 17.2 Å². The van der Waals surface area contributed by atoms with Crippen LogP contribution in [0, 0.1) is 11.6 Å². The van der Waals surface area contributed by atoms with Crippen molar-refractivity contribution in [3.05, 3.63) is 59.7 Å². The van der Waals surface area contributed by atoms with Crippen molar-refractivity contribution in [1.29, 1.82) is 0 Å². The summed E-state index contributed by atoms with van der Waals surface area (Å²) in [5.41, 5.74) is -1.52. The molecule has 0 unspecified atom stereocenters. The van der Waals surface area contributed by atoms with Crippen molar-refractivity contribution in [3.63, 3.8) is 0 Å². The van der Waals surface area contributed by atoms with E-state index >= 15 is 0 Å². The van der Waals surface area contributed by atoms with Crippen LogP contribution in [0.1, 0.15) is 12.5 Å². The minimum atomic E-state index is -4.63. The molecule has 0 heterocycles. The van der Waals surface area contributed by atoms with Gasteiger partial charge in [0.25, 0.3) is 0 Å². The van der Waals surface area contributed by atoms with Gasteiger partial charge in [0.2, 0.25) is 15.9 Å². The van der Waals surface area contributed by atoms with E-state index in [-0.39, 0.29) is 11.4 Å². The minimum Gasteiger partial charge on any atom is -0.324 e. The number of nitrogens with zero attached hydrogens (tertiary/aromatic N) is 1. The number of nitrogens with one attached hydrogen (secondary N) is 1. The Hall–Kier alpha value is -2.69. The standard InChI is InChI=1S/C17H15F5N2O3S/c1-10(16(25)23-12-5-3-4-11(8-12)17(20,21)22)24(28(2,26)27)13-6-7-14(18)15(19)9-13/h3-10H,1-2H3,(H,23,25)/t10-/m0/s1. The topological polar surface area (TPSA) is 66.5 Å². The SMILES string of the molecule is C[C@@H](C(=O)Nc1cccc(C(F)(F)F)c1)N(c1ccc(F)c(F)c1)S(C)(=O)=O. The van der Waals surface area contributed by atoms with E-state index in [1.807, 2.05) is 0 Å². The lowest BCUT2D eigenvalue weighted by atomic mass is 10.2. The summed E-state index contributed by atoms with van der Waals surface area (Å²) in [4.78, 5) is 12.4. The van der Waals surface area contributed by atoms with Crippen molar-refractivity contribution in [2.45, 2.75) is 19.1 Å². The van der Waals surface area contributed by atoms with Crippen LogP contribution in [0.4, 0.5) is 33.3 Å². The smallest absolute Gasteiger partial charge is 0.324 e. The van der Waals surface area contributed by atoms with Crippen LogP contribution in [0.5, 0.6) is 0 Å². The Morgan fingerprint density at radius 3 is 2.25 bits per heavy atom. The van der Waals surface area contributed by atoms with Crippen LogP contribution >= 0.6 is 0 Å². The molecule has 0 aromatic heterocycles. The van der Waals surface area contributed by atoms with E-state index in [9.17, 15) is 35.2 Å². The summed E-state index contributed by atoms with van der Waals surface area (Å²) in [7, 11) is -4.11. The lowest BCUT2D eigenvalue weighted by Crippen LogP contribution is -2.45. The summed E-state index contributed by atoms with van der Waals surface area (Å²) in [6, 6.07) is 4.57. The molecule has 0 saturated carbocycles. The van der Waals surface area contributed by atoms with Crippen molar-refractivity contribution in [2.24, 2.45) is 0 Å². The number of hydrogen-bond acceptors (Lipinski definition) is 3. The van der Waals surface area contributed by atoms with E-state index in [0.29, 0.717) is 22.5 Å². The molecule has 0 aliphatic heterocycles. The van der Waals surface area contributed by atoms with Gasteiger partial charge in [-0.15, -0.1) is 0 Å². The molecule has 0 fully saturated rings. The fraction of sp³-hybridized carbons (Fsp3) is 0.235. The first kappa shape index (κ1) is 21.6. The molecule has 152 valence electrons. The van der Waals surface area contributed by atoms with Gasteiger partial charge in [0.1, 0.15) is 6.04 Å². The van der Waals surface area contributed by atoms with Gasteiger partial charge in [-0.05, 0) is 37.3 Å². The third-order valence-electron chi connectivity index (χ3n) is 3.70. The number of carbonyl (C=O) groups is 1. The molecule has 1 amide bonds. The largest absolute Gasteiger partial charge is 0.416 e. The van der Waals surface area contributed by atoms with Crippen LogP contribution in [0.2, 0.25) is 0 Å². The van der Waals surface area contributed by atoms with Crippen LogP contribution in [0.25, 0.3) is 0 Å². The fourth-order valence-electron chi connectivity index (χ4n) is 2.45. The van der Waals surface area contributed by atoms with Crippen LogP contribution in [-0.4, -0.2) is 26.6 Å². The molecule has 2 rings (SSSR count). The highest BCUT2D eigenvalue weighted by Crippen LogP contribution is 2.31. The molecule has 0 radical (unpaired) electrons. The first-order valence-electron chi connectivity index (χ1n) is 7.73. The zero-order valence-corrected chi connectivity index (χ0v) is 15.4. The first-order chi connectivity index (χ1) is 12.8. The van der Waals surface area contributed by atoms with E-state index in [0.717, 1.165) is 31.4 Å². The average Bonchev–Trinajstić information content (AvgIpc) is 2.56. The number of carbonyl (C=O) groups excluding carboxylic acids is 1. The lowest BCUT2D eigenvalue weighted by Gasteiger charge is -2.28. The van der Waals surface area contributed by atoms with Crippen LogP contribution in [0.3, 0.4) is 0 Å². The zero-order chi connectivity index (χ0) is 21.3. The van der Waals surface area contributed by atoms with Crippen molar-refractivity contribution < 1.29 is 35.2 Å². The van der Waals surface area contributed by atoms with Gasteiger partial charge < -0.3 is 5.32 Å². The van der Waals surface area contributed by atoms with E-state index < -0.39 is 45.3 Å². The molecule has 28 heavy (non-hydrogen) atoms. The maximum atomic E-state index is 13.5. The van der Waals surface area contributed by atoms with Gasteiger partial charge in [-0.2, -0.15) is 13.2 Å². The predicted octanol–water partition coefficient (Wildman–Crippen LogP) is 3.78. The summed E-state index contributed by atoms with van der Waals surface area (Å²) in [5.74, 6) is -3.50. The molecule has 0 saturated heterocycles. The Morgan fingerprint density at radius 2 is 1.71 bits per heavy atom. The molecule has 11 heteroatoms. The maximum absolute atomic E-state index is 13.5. The van der Waals surface area contributed by atoms with Crippen LogP contribution in [0.15, 0.2) is 42.5 Å². The highest BCUT2D eigenvalue weighted by Gasteiger charge is 2.32. The van der Waals surface area contributed by atoms with E-state index in [1.54, 1.807) is 0 Å². The van der Waals surface area contributed by atoms with Gasteiger partial charge in [0.15, 0.2) is 11.6 Å². The monoisotopic (exact) mass is 422 g/mol. The van der Waals surface area contributed by atoms with Gasteiger partial charge in [0.05, 0.1) is 17.5 Å². The molecule has 5 nitrogen and oxygen atoms in total. The number of benzene rings is 2. The second-order valence-electron chi connectivity index (χ2n) is 5.90. The van der Waals surface area contributed by atoms with Gasteiger partial charge in [0, 0.05) is 11.8 Å². The minimum absolute atomic E-state index is 0.203. The van der Waals surface area contributed by atoms with Gasteiger partial charge in [-0.1, -0.05) is 6.07 Å². The Kier molecular flexibility index (Phi) is 5.97. The maximum Gasteiger partial charge on any atom is 0.416 e. The van der Waals surface area contributed by atoms with E-state index in [4.69, 9.17) is 0 Å². The number of amides is 1. The Morgan fingerprint density at radius 1 is 1.07 bits per heavy atom. The number of sulfonamides is 1. The molecule has 0 bridgehead atoms. The number of anilines is 2. The van der Waals surface area contributed by atoms with Crippen molar-refractivity contribution in [1.82, 2.24) is 0 Å². The second kappa shape index (κ2) is 7.74. The first-order valence-corrected chi connectivity index (χ1v) is 9.58. The summed E-state index contributed by atoms with van der Waals surface area (Å²) in [5, 5.41) is 2.19. The molecule has 2 aromatic carbocycles. The average molecular weight is 422 g/mol. The highest BCUT2D eigenvalue weighted by molar-refractivity contribution is 7.92. The quantitative estimate of drug-likeness (QED) is 0.746. The normalized spacial score (nSPS) is 13.1. The third-order valence-corrected chi connectivity index (χ3v) is 4.95. The van der Waals surface area contributed by atoms with Crippen molar-refractivity contribution >= 4 is 27.3 Å². The number of alkyl halides is 3. The van der Waals surface area contributed by atoms with E-state index in [1.165, 1.54) is 6.07 Å². The van der Waals surface area contributed by atoms with Crippen LogP contribution < -0.4 is 9.62 Å². The molecule has 1 atom stereocenters. The van der Waals surface area contributed by atoms with Crippen LogP contribution in [-0.2, 0) is 21.0 Å². The number of rotatable bonds is 5. The molecular weight excluding hydrogens is 407 g/mol. The summed E-state index contributed by atoms with van der Waals surface area (Å²) in [6.45, 7) is 1.16. The third kappa shape index (κ3) is 4.97. The van der Waals surface area contributed by atoms with E-state index in [2.05, 4.69) is 5.32 Å². The Balaban J connectivity index is 2.33. The van der Waals surface area contributed by atoms with Gasteiger partial charge >= 0.3 is 6.18 Å². The summed E-state index contributed by atoms with van der Waals surface area (Å²) >= 11 is 0. The second-order valence-corrected chi connectivity index (χ2v) is 7.76. The molecule has 0 aliphatic carbocycles. The number of halogens is 5. The Bertz CT molecular complexity index is 993. The predicted molar refractivity (Wildman–Crippen MR) is 93.2 cm³/mol. The summed E-state index contributed by atoms with van der Waals surface area (Å²) < 4.78 is 89.7. The van der Waals surface area contributed by atoms with Gasteiger partial charge in [-0.3, -0.25) is 9.10 Å². The Labute approximate surface area is 157 Å². The molecule has 0 aliphatic rings.